The van der Waals surface area contributed by atoms with E-state index in [4.69, 9.17) is 0 Å². The Morgan fingerprint density at radius 3 is 2.64 bits per heavy atom. The highest BCUT2D eigenvalue weighted by Gasteiger charge is 2.20. The van der Waals surface area contributed by atoms with Gasteiger partial charge in [-0.15, -0.1) is 11.8 Å². The Labute approximate surface area is 101 Å². The minimum atomic E-state index is -0.287. The van der Waals surface area contributed by atoms with Crippen LogP contribution in [0.25, 0.3) is 0 Å². The molecule has 0 atom stereocenters. The Kier molecular flexibility index (Phi) is 5.54. The van der Waals surface area contributed by atoms with E-state index < -0.39 is 0 Å². The highest BCUT2D eigenvalue weighted by molar-refractivity contribution is 14.1. The molecule has 0 fully saturated rings. The van der Waals surface area contributed by atoms with Crippen molar-refractivity contribution in [1.29, 1.82) is 0 Å². The Morgan fingerprint density at radius 1 is 1.29 bits per heavy atom. The second-order valence-corrected chi connectivity index (χ2v) is 5.14. The van der Waals surface area contributed by atoms with Crippen molar-refractivity contribution in [1.82, 2.24) is 5.32 Å². The van der Waals surface area contributed by atoms with Crippen molar-refractivity contribution in [3.63, 3.8) is 0 Å². The lowest BCUT2D eigenvalue weighted by molar-refractivity contribution is -0.123. The second-order valence-electron chi connectivity index (χ2n) is 2.93. The largest absolute Gasteiger partial charge is 0.288 e. The van der Waals surface area contributed by atoms with Crippen molar-refractivity contribution in [2.75, 3.05) is 10.2 Å². The van der Waals surface area contributed by atoms with Gasteiger partial charge in [0.1, 0.15) is 0 Å². The van der Waals surface area contributed by atoms with Crippen LogP contribution >= 0.6 is 34.4 Å². The zero-order chi connectivity index (χ0) is 10.4. The molecule has 0 unspecified atom stereocenters. The van der Waals surface area contributed by atoms with Crippen molar-refractivity contribution in [2.24, 2.45) is 0 Å². The summed E-state index contributed by atoms with van der Waals surface area (Å²) in [6.07, 6.45) is 4.90. The number of hydrogen-bond donors (Lipinski definition) is 1. The average Bonchev–Trinajstić information content (AvgIpc) is 2.45. The van der Waals surface area contributed by atoms with Crippen molar-refractivity contribution in [2.45, 2.75) is 19.3 Å². The topological polar surface area (TPSA) is 46.2 Å². The number of halogens is 1. The lowest BCUT2D eigenvalue weighted by Gasteiger charge is -1.99. The van der Waals surface area contributed by atoms with Crippen LogP contribution in [-0.4, -0.2) is 22.0 Å². The number of carbonyl (C=O) groups is 2. The predicted molar refractivity (Wildman–Crippen MR) is 66.4 cm³/mol. The van der Waals surface area contributed by atoms with Gasteiger partial charge in [-0.3, -0.25) is 14.9 Å². The predicted octanol–water partition coefficient (Wildman–Crippen LogP) is 1.87. The molecule has 0 saturated carbocycles. The fourth-order valence-electron chi connectivity index (χ4n) is 1.06. The molecule has 0 aromatic rings. The van der Waals surface area contributed by atoms with Crippen molar-refractivity contribution in [3.05, 3.63) is 11.0 Å². The van der Waals surface area contributed by atoms with E-state index >= 15 is 0 Å². The minimum absolute atomic E-state index is 0.242. The molecule has 0 radical (unpaired) electrons. The van der Waals surface area contributed by atoms with E-state index in [0.717, 1.165) is 12.2 Å². The summed E-state index contributed by atoms with van der Waals surface area (Å²) in [4.78, 5) is 22.4. The lowest BCUT2D eigenvalue weighted by atomic mass is 10.3. The maximum atomic E-state index is 11.1. The normalized spacial score (nSPS) is 15.6. The van der Waals surface area contributed by atoms with Gasteiger partial charge < -0.3 is 0 Å². The molecular weight excluding hydrogens is 313 g/mol. The third kappa shape index (κ3) is 4.00. The van der Waals surface area contributed by atoms with Crippen LogP contribution < -0.4 is 5.32 Å². The third-order valence-electron chi connectivity index (χ3n) is 1.76. The molecule has 1 rings (SSSR count). The van der Waals surface area contributed by atoms with Gasteiger partial charge in [-0.1, -0.05) is 29.0 Å². The standard InChI is InChI=1S/C9H12INO2S/c10-4-2-1-3-5-14-7-6-8(12)11-9(7)13/h6H,1-5H2,(H,11,12,13). The molecule has 0 spiro atoms. The van der Waals surface area contributed by atoms with Crippen LogP contribution in [0, 0.1) is 0 Å². The molecule has 2 amide bonds. The Hall–Kier alpha value is -0.0400. The molecular formula is C9H12INO2S. The van der Waals surface area contributed by atoms with E-state index in [-0.39, 0.29) is 11.8 Å². The van der Waals surface area contributed by atoms with Crippen LogP contribution in [0.15, 0.2) is 11.0 Å². The van der Waals surface area contributed by atoms with Crippen LogP contribution in [0.5, 0.6) is 0 Å². The third-order valence-corrected chi connectivity index (χ3v) is 3.63. The van der Waals surface area contributed by atoms with E-state index in [1.807, 2.05) is 0 Å². The summed E-state index contributed by atoms with van der Waals surface area (Å²) in [5.41, 5.74) is 0. The number of hydrogen-bond acceptors (Lipinski definition) is 3. The number of thioether (sulfide) groups is 1. The van der Waals surface area contributed by atoms with Gasteiger partial charge in [0, 0.05) is 6.08 Å². The molecule has 1 aliphatic rings. The molecule has 1 heterocycles. The fraction of sp³-hybridized carbons (Fsp3) is 0.556. The van der Waals surface area contributed by atoms with Gasteiger partial charge in [0.25, 0.3) is 11.8 Å². The summed E-state index contributed by atoms with van der Waals surface area (Å²) in [5.74, 6) is 0.391. The van der Waals surface area contributed by atoms with Gasteiger partial charge in [0.2, 0.25) is 0 Å². The van der Waals surface area contributed by atoms with Crippen LogP contribution in [-0.2, 0) is 9.59 Å². The van der Waals surface area contributed by atoms with Gasteiger partial charge in [-0.25, -0.2) is 0 Å². The van der Waals surface area contributed by atoms with Crippen LogP contribution in [0.1, 0.15) is 19.3 Å². The Balaban J connectivity index is 2.15. The maximum Gasteiger partial charge on any atom is 0.264 e. The summed E-state index contributed by atoms with van der Waals surface area (Å²) < 4.78 is 1.18. The number of carbonyl (C=O) groups excluding carboxylic acids is 2. The van der Waals surface area contributed by atoms with E-state index in [9.17, 15) is 9.59 Å². The van der Waals surface area contributed by atoms with Gasteiger partial charge >= 0.3 is 0 Å². The quantitative estimate of drug-likeness (QED) is 0.351. The van der Waals surface area contributed by atoms with Crippen molar-refractivity contribution < 1.29 is 9.59 Å². The van der Waals surface area contributed by atoms with E-state index in [0.29, 0.717) is 4.91 Å². The van der Waals surface area contributed by atoms with Crippen molar-refractivity contribution >= 4 is 46.2 Å². The number of imide groups is 1. The molecule has 3 nitrogen and oxygen atoms in total. The zero-order valence-corrected chi connectivity index (χ0v) is 10.7. The first-order valence-corrected chi connectivity index (χ1v) is 7.01. The SMILES string of the molecule is O=C1C=C(SCCCCCI)C(=O)N1. The first kappa shape index (κ1) is 12.0. The van der Waals surface area contributed by atoms with Crippen LogP contribution in [0.4, 0.5) is 0 Å². The highest BCUT2D eigenvalue weighted by atomic mass is 127. The summed E-state index contributed by atoms with van der Waals surface area (Å²) >= 11 is 3.83. The molecule has 0 saturated heterocycles. The average molecular weight is 325 g/mol. The van der Waals surface area contributed by atoms with Gasteiger partial charge in [0.05, 0.1) is 4.91 Å². The number of rotatable bonds is 6. The van der Waals surface area contributed by atoms with E-state index in [2.05, 4.69) is 27.9 Å². The summed E-state index contributed by atoms with van der Waals surface area (Å²) in [6.45, 7) is 0. The smallest absolute Gasteiger partial charge is 0.264 e. The summed E-state index contributed by atoms with van der Waals surface area (Å²) in [6, 6.07) is 0. The monoisotopic (exact) mass is 325 g/mol. The first-order chi connectivity index (χ1) is 6.74. The Morgan fingerprint density at radius 2 is 2.07 bits per heavy atom. The van der Waals surface area contributed by atoms with Gasteiger partial charge in [0.15, 0.2) is 0 Å². The maximum absolute atomic E-state index is 11.1. The molecule has 0 aliphatic carbocycles. The number of alkyl halides is 1. The lowest BCUT2D eigenvalue weighted by Crippen LogP contribution is -2.21. The number of nitrogens with one attached hydrogen (secondary N) is 1. The van der Waals surface area contributed by atoms with E-state index in [1.165, 1.54) is 35.1 Å². The van der Waals surface area contributed by atoms with Gasteiger partial charge in [-0.05, 0) is 23.0 Å². The number of amides is 2. The summed E-state index contributed by atoms with van der Waals surface area (Å²) in [7, 11) is 0. The molecule has 0 aromatic carbocycles. The molecule has 78 valence electrons. The zero-order valence-electron chi connectivity index (χ0n) is 7.72. The summed E-state index contributed by atoms with van der Waals surface area (Å²) in [5, 5.41) is 2.23. The Bertz CT molecular complexity index is 266. The highest BCUT2D eigenvalue weighted by Crippen LogP contribution is 2.20. The molecule has 1 aliphatic heterocycles. The van der Waals surface area contributed by atoms with Crippen LogP contribution in [0.3, 0.4) is 0 Å². The van der Waals surface area contributed by atoms with E-state index in [1.54, 1.807) is 0 Å². The van der Waals surface area contributed by atoms with Crippen LogP contribution in [0.2, 0.25) is 0 Å². The van der Waals surface area contributed by atoms with Crippen molar-refractivity contribution in [3.8, 4) is 0 Å². The molecule has 0 bridgehead atoms. The number of unbranched alkanes of at least 4 members (excludes halogenated alkanes) is 2. The fourth-order valence-corrected chi connectivity index (χ4v) is 2.54. The molecule has 5 heteroatoms. The molecule has 0 aromatic heterocycles. The molecule has 1 N–H and O–H groups in total. The first-order valence-electron chi connectivity index (χ1n) is 4.50. The van der Waals surface area contributed by atoms with Gasteiger partial charge in [-0.2, -0.15) is 0 Å². The second kappa shape index (κ2) is 6.44. The molecule has 14 heavy (non-hydrogen) atoms. The minimum Gasteiger partial charge on any atom is -0.288 e.